The van der Waals surface area contributed by atoms with Gasteiger partial charge in [-0.15, -0.1) is 10.2 Å². The maximum absolute atomic E-state index is 6.00. The lowest BCUT2D eigenvalue weighted by Crippen LogP contribution is -2.00. The Kier molecular flexibility index (Phi) is 4.69. The van der Waals surface area contributed by atoms with E-state index in [0.717, 1.165) is 28.1 Å². The summed E-state index contributed by atoms with van der Waals surface area (Å²) in [6.07, 6.45) is 0. The first-order valence-electron chi connectivity index (χ1n) is 8.75. The number of aryl methyl sites for hydroxylation is 2. The van der Waals surface area contributed by atoms with Crippen molar-refractivity contribution in [1.82, 2.24) is 15.2 Å². The molecule has 0 fully saturated rings. The minimum Gasteiger partial charge on any atom is -0.224 e. The van der Waals surface area contributed by atoms with Gasteiger partial charge in [0.2, 0.25) is 0 Å². The maximum atomic E-state index is 6.00. The van der Waals surface area contributed by atoms with Gasteiger partial charge in [0.05, 0.1) is 0 Å². The van der Waals surface area contributed by atoms with E-state index in [4.69, 9.17) is 16.6 Å². The Morgan fingerprint density at radius 2 is 1.04 bits per heavy atom. The SMILES string of the molecule is Cc1ccc(-c2nnc(-c3ccc(Cl)cc3)nc2-c2ccc(C)cc2)cc1. The topological polar surface area (TPSA) is 38.7 Å². The number of halogens is 1. The minimum absolute atomic E-state index is 0.582. The van der Waals surface area contributed by atoms with E-state index in [1.165, 1.54) is 11.1 Å². The third-order valence-electron chi connectivity index (χ3n) is 4.44. The van der Waals surface area contributed by atoms with Crippen LogP contribution in [-0.4, -0.2) is 15.2 Å². The van der Waals surface area contributed by atoms with Crippen molar-refractivity contribution in [2.45, 2.75) is 13.8 Å². The molecule has 0 bridgehead atoms. The molecule has 3 nitrogen and oxygen atoms in total. The third-order valence-corrected chi connectivity index (χ3v) is 4.69. The number of nitrogens with zero attached hydrogens (tertiary/aromatic N) is 3. The molecule has 4 aromatic rings. The fourth-order valence-electron chi connectivity index (χ4n) is 2.87. The van der Waals surface area contributed by atoms with Gasteiger partial charge in [0.25, 0.3) is 0 Å². The van der Waals surface area contributed by atoms with Crippen LogP contribution in [0, 0.1) is 13.8 Å². The van der Waals surface area contributed by atoms with Crippen LogP contribution in [0.5, 0.6) is 0 Å². The third kappa shape index (κ3) is 3.74. The summed E-state index contributed by atoms with van der Waals surface area (Å²) < 4.78 is 0. The van der Waals surface area contributed by atoms with E-state index in [1.54, 1.807) is 0 Å². The van der Waals surface area contributed by atoms with Crippen LogP contribution in [0.3, 0.4) is 0 Å². The molecule has 4 rings (SSSR count). The second-order valence-corrected chi connectivity index (χ2v) is 7.01. The lowest BCUT2D eigenvalue weighted by Gasteiger charge is -2.10. The first-order valence-corrected chi connectivity index (χ1v) is 9.13. The molecule has 0 aliphatic heterocycles. The normalized spacial score (nSPS) is 10.8. The molecule has 132 valence electrons. The molecule has 1 aromatic heterocycles. The highest BCUT2D eigenvalue weighted by Gasteiger charge is 2.14. The fourth-order valence-corrected chi connectivity index (χ4v) is 2.99. The molecule has 0 aliphatic carbocycles. The van der Waals surface area contributed by atoms with E-state index in [0.29, 0.717) is 10.8 Å². The molecule has 0 saturated heterocycles. The Labute approximate surface area is 163 Å². The van der Waals surface area contributed by atoms with Crippen molar-refractivity contribution in [3.63, 3.8) is 0 Å². The van der Waals surface area contributed by atoms with Crippen LogP contribution in [0.15, 0.2) is 72.8 Å². The van der Waals surface area contributed by atoms with Crippen molar-refractivity contribution in [2.75, 3.05) is 0 Å². The Morgan fingerprint density at radius 3 is 1.59 bits per heavy atom. The van der Waals surface area contributed by atoms with Crippen LogP contribution in [0.1, 0.15) is 11.1 Å². The molecule has 27 heavy (non-hydrogen) atoms. The van der Waals surface area contributed by atoms with Crippen LogP contribution in [0.4, 0.5) is 0 Å². The zero-order valence-electron chi connectivity index (χ0n) is 15.1. The van der Waals surface area contributed by atoms with Crippen molar-refractivity contribution in [3.05, 3.63) is 88.9 Å². The van der Waals surface area contributed by atoms with Gasteiger partial charge in [-0.1, -0.05) is 71.3 Å². The molecule has 0 radical (unpaired) electrons. The summed E-state index contributed by atoms with van der Waals surface area (Å²) in [7, 11) is 0. The van der Waals surface area contributed by atoms with Crippen LogP contribution < -0.4 is 0 Å². The van der Waals surface area contributed by atoms with Crippen LogP contribution >= 0.6 is 11.6 Å². The molecule has 0 atom stereocenters. The lowest BCUT2D eigenvalue weighted by molar-refractivity contribution is 0.991. The van der Waals surface area contributed by atoms with Crippen LogP contribution in [-0.2, 0) is 0 Å². The van der Waals surface area contributed by atoms with Gasteiger partial charge in [0.15, 0.2) is 5.82 Å². The molecule has 0 unspecified atom stereocenters. The highest BCUT2D eigenvalue weighted by molar-refractivity contribution is 6.30. The molecule has 0 amide bonds. The smallest absolute Gasteiger partial charge is 0.182 e. The van der Waals surface area contributed by atoms with Crippen molar-refractivity contribution in [2.24, 2.45) is 0 Å². The van der Waals surface area contributed by atoms with Gasteiger partial charge in [-0.25, -0.2) is 4.98 Å². The summed E-state index contributed by atoms with van der Waals surface area (Å²) in [5, 5.41) is 9.59. The van der Waals surface area contributed by atoms with Crippen molar-refractivity contribution in [3.8, 4) is 33.9 Å². The first-order chi connectivity index (χ1) is 13.1. The largest absolute Gasteiger partial charge is 0.224 e. The molecule has 0 aliphatic rings. The first kappa shape index (κ1) is 17.4. The van der Waals surface area contributed by atoms with Gasteiger partial charge < -0.3 is 0 Å². The molecular weight excluding hydrogens is 354 g/mol. The molecule has 0 saturated carbocycles. The molecular formula is C23H18ClN3. The highest BCUT2D eigenvalue weighted by atomic mass is 35.5. The van der Waals surface area contributed by atoms with E-state index >= 15 is 0 Å². The average Bonchev–Trinajstić information content (AvgIpc) is 2.69. The standard InChI is InChI=1S/C23H18ClN3/c1-15-3-7-17(8-4-15)21-22(18-9-5-16(2)6-10-18)26-27-23(25-21)19-11-13-20(24)14-12-19/h3-14H,1-2H3. The number of hydrogen-bond donors (Lipinski definition) is 0. The van der Waals surface area contributed by atoms with Gasteiger partial charge in [0, 0.05) is 21.7 Å². The second-order valence-electron chi connectivity index (χ2n) is 6.57. The Balaban J connectivity index is 1.89. The van der Waals surface area contributed by atoms with Gasteiger partial charge in [-0.05, 0) is 38.1 Å². The summed E-state index contributed by atoms with van der Waals surface area (Å²) in [4.78, 5) is 4.85. The molecule has 0 spiro atoms. The predicted octanol–water partition coefficient (Wildman–Crippen LogP) is 6.14. The van der Waals surface area contributed by atoms with Crippen molar-refractivity contribution in [1.29, 1.82) is 0 Å². The number of aromatic nitrogens is 3. The van der Waals surface area contributed by atoms with Gasteiger partial charge in [-0.2, -0.15) is 0 Å². The lowest BCUT2D eigenvalue weighted by atomic mass is 10.0. The average molecular weight is 372 g/mol. The monoisotopic (exact) mass is 371 g/mol. The quantitative estimate of drug-likeness (QED) is 0.434. The van der Waals surface area contributed by atoms with E-state index < -0.39 is 0 Å². The fraction of sp³-hybridized carbons (Fsp3) is 0.0870. The van der Waals surface area contributed by atoms with E-state index in [2.05, 4.69) is 72.6 Å². The Bertz CT molecular complexity index is 1070. The predicted molar refractivity (Wildman–Crippen MR) is 111 cm³/mol. The van der Waals surface area contributed by atoms with Crippen molar-refractivity contribution < 1.29 is 0 Å². The molecule has 4 heteroatoms. The second kappa shape index (κ2) is 7.29. The highest BCUT2D eigenvalue weighted by Crippen LogP contribution is 2.30. The zero-order chi connectivity index (χ0) is 18.8. The Morgan fingerprint density at radius 1 is 0.556 bits per heavy atom. The van der Waals surface area contributed by atoms with E-state index in [-0.39, 0.29) is 0 Å². The van der Waals surface area contributed by atoms with Crippen LogP contribution in [0.25, 0.3) is 33.9 Å². The van der Waals surface area contributed by atoms with Gasteiger partial charge >= 0.3 is 0 Å². The maximum Gasteiger partial charge on any atom is 0.182 e. The van der Waals surface area contributed by atoms with Crippen LogP contribution in [0.2, 0.25) is 5.02 Å². The number of benzene rings is 3. The summed E-state index contributed by atoms with van der Waals surface area (Å²) in [5.41, 5.74) is 6.90. The zero-order valence-corrected chi connectivity index (χ0v) is 15.9. The van der Waals surface area contributed by atoms with Gasteiger partial charge in [-0.3, -0.25) is 0 Å². The number of rotatable bonds is 3. The summed E-state index contributed by atoms with van der Waals surface area (Å²) in [6.45, 7) is 4.14. The van der Waals surface area contributed by atoms with Gasteiger partial charge in [0.1, 0.15) is 11.4 Å². The molecule has 3 aromatic carbocycles. The molecule has 0 N–H and O–H groups in total. The Hall–Kier alpha value is -3.04. The summed E-state index contributed by atoms with van der Waals surface area (Å²) >= 11 is 6.00. The molecule has 1 heterocycles. The summed E-state index contributed by atoms with van der Waals surface area (Å²) in [5.74, 6) is 0.582. The van der Waals surface area contributed by atoms with E-state index in [1.807, 2.05) is 24.3 Å². The number of hydrogen-bond acceptors (Lipinski definition) is 3. The minimum atomic E-state index is 0.582. The summed E-state index contributed by atoms with van der Waals surface area (Å²) in [6, 6.07) is 24.0. The van der Waals surface area contributed by atoms with E-state index in [9.17, 15) is 0 Å². The van der Waals surface area contributed by atoms with Crippen molar-refractivity contribution >= 4 is 11.6 Å².